The van der Waals surface area contributed by atoms with Crippen LogP contribution in [0.1, 0.15) is 39.2 Å². The second-order valence-electron chi connectivity index (χ2n) is 5.85. The Kier molecular flexibility index (Phi) is 3.38. The van der Waals surface area contributed by atoms with Gasteiger partial charge in [-0.05, 0) is 29.9 Å². The van der Waals surface area contributed by atoms with Gasteiger partial charge >= 0.3 is 0 Å². The Morgan fingerprint density at radius 2 is 2.00 bits per heavy atom. The first kappa shape index (κ1) is 12.4. The number of methoxy groups -OCH3 is 1. The maximum Gasteiger partial charge on any atom is 0.126 e. The molecular formula is C14H22N2O. The molecule has 3 nitrogen and oxygen atoms in total. The minimum Gasteiger partial charge on any atom is -0.381 e. The largest absolute Gasteiger partial charge is 0.381 e. The summed E-state index contributed by atoms with van der Waals surface area (Å²) in [6.07, 6.45) is 4.56. The number of hydrogen-bond acceptors (Lipinski definition) is 3. The molecule has 0 radical (unpaired) electrons. The van der Waals surface area contributed by atoms with Gasteiger partial charge in [0, 0.05) is 19.3 Å². The fraction of sp³-hybridized carbons (Fsp3) is 0.643. The van der Waals surface area contributed by atoms with Gasteiger partial charge in [-0.15, -0.1) is 0 Å². The molecule has 1 heterocycles. The minimum atomic E-state index is 0.170. The molecule has 0 aromatic carbocycles. The summed E-state index contributed by atoms with van der Waals surface area (Å²) in [6, 6.07) is 4.75. The third-order valence-corrected chi connectivity index (χ3v) is 3.41. The molecule has 0 spiro atoms. The van der Waals surface area contributed by atoms with Gasteiger partial charge in [0.2, 0.25) is 0 Å². The molecule has 0 bridgehead atoms. The molecule has 1 aliphatic rings. The highest BCUT2D eigenvalue weighted by Gasteiger charge is 2.28. The van der Waals surface area contributed by atoms with Gasteiger partial charge in [-0.1, -0.05) is 26.8 Å². The topological polar surface area (TPSA) is 34.1 Å². The highest BCUT2D eigenvalue weighted by atomic mass is 16.5. The molecule has 2 rings (SSSR count). The lowest BCUT2D eigenvalue weighted by atomic mass is 9.88. The number of anilines is 1. The summed E-state index contributed by atoms with van der Waals surface area (Å²) in [5.41, 5.74) is 1.44. The second kappa shape index (κ2) is 4.65. The fourth-order valence-electron chi connectivity index (χ4n) is 2.01. The molecule has 0 unspecified atom stereocenters. The second-order valence-corrected chi connectivity index (χ2v) is 5.85. The van der Waals surface area contributed by atoms with Crippen molar-refractivity contribution in [2.24, 2.45) is 0 Å². The average molecular weight is 234 g/mol. The van der Waals surface area contributed by atoms with Crippen LogP contribution in [0.2, 0.25) is 0 Å². The van der Waals surface area contributed by atoms with E-state index < -0.39 is 0 Å². The molecule has 1 saturated carbocycles. The zero-order valence-electron chi connectivity index (χ0n) is 11.2. The van der Waals surface area contributed by atoms with Crippen LogP contribution in [0.25, 0.3) is 0 Å². The molecule has 1 aromatic heterocycles. The number of ether oxygens (including phenoxy) is 1. The zero-order chi connectivity index (χ0) is 12.5. The smallest absolute Gasteiger partial charge is 0.126 e. The maximum absolute atomic E-state index is 5.26. The average Bonchev–Trinajstić information content (AvgIpc) is 2.22. The summed E-state index contributed by atoms with van der Waals surface area (Å²) in [4.78, 5) is 4.47. The van der Waals surface area contributed by atoms with E-state index in [-0.39, 0.29) is 5.41 Å². The standard InChI is InChI=1S/C14H22N2O/c1-14(2,3)10-5-6-13(15-9-10)16-11-7-12(8-11)17-4/h5-6,9,11-12H,7-8H2,1-4H3,(H,15,16). The minimum absolute atomic E-state index is 0.170. The Balaban J connectivity index is 1.91. The van der Waals surface area contributed by atoms with Crippen LogP contribution in [0.5, 0.6) is 0 Å². The van der Waals surface area contributed by atoms with E-state index in [9.17, 15) is 0 Å². The molecule has 1 N–H and O–H groups in total. The number of pyridine rings is 1. The molecule has 1 aliphatic carbocycles. The van der Waals surface area contributed by atoms with Crippen molar-refractivity contribution in [1.29, 1.82) is 0 Å². The first-order valence-corrected chi connectivity index (χ1v) is 6.25. The Labute approximate surface area is 104 Å². The van der Waals surface area contributed by atoms with E-state index in [1.807, 2.05) is 6.20 Å². The van der Waals surface area contributed by atoms with E-state index in [1.165, 1.54) is 5.56 Å². The molecule has 1 aromatic rings. The molecule has 0 amide bonds. The normalized spacial score (nSPS) is 24.2. The van der Waals surface area contributed by atoms with Gasteiger partial charge in [-0.25, -0.2) is 4.98 Å². The van der Waals surface area contributed by atoms with E-state index >= 15 is 0 Å². The van der Waals surface area contributed by atoms with E-state index in [2.05, 4.69) is 43.2 Å². The Bertz CT molecular complexity index is 361. The van der Waals surface area contributed by atoms with Crippen LogP contribution in [0.15, 0.2) is 18.3 Å². The molecule has 0 atom stereocenters. The molecule has 1 fully saturated rings. The third-order valence-electron chi connectivity index (χ3n) is 3.41. The fourth-order valence-corrected chi connectivity index (χ4v) is 2.01. The van der Waals surface area contributed by atoms with Crippen molar-refractivity contribution >= 4 is 5.82 Å². The van der Waals surface area contributed by atoms with Crippen molar-refractivity contribution < 1.29 is 4.74 Å². The summed E-state index contributed by atoms with van der Waals surface area (Å²) in [6.45, 7) is 6.60. The predicted molar refractivity (Wildman–Crippen MR) is 70.4 cm³/mol. The Morgan fingerprint density at radius 1 is 1.29 bits per heavy atom. The highest BCUT2D eigenvalue weighted by molar-refractivity contribution is 5.38. The molecule has 0 aliphatic heterocycles. The zero-order valence-corrected chi connectivity index (χ0v) is 11.2. The summed E-state index contributed by atoms with van der Waals surface area (Å²) >= 11 is 0. The summed E-state index contributed by atoms with van der Waals surface area (Å²) in [5, 5.41) is 3.43. The van der Waals surface area contributed by atoms with Crippen molar-refractivity contribution in [1.82, 2.24) is 4.98 Å². The molecular weight excluding hydrogens is 212 g/mol. The summed E-state index contributed by atoms with van der Waals surface area (Å²) < 4.78 is 5.26. The monoisotopic (exact) mass is 234 g/mol. The van der Waals surface area contributed by atoms with Gasteiger partial charge < -0.3 is 10.1 Å². The van der Waals surface area contributed by atoms with E-state index in [0.29, 0.717) is 12.1 Å². The van der Waals surface area contributed by atoms with Gasteiger partial charge in [-0.2, -0.15) is 0 Å². The quantitative estimate of drug-likeness (QED) is 0.873. The Hall–Kier alpha value is -1.09. The number of nitrogens with zero attached hydrogens (tertiary/aromatic N) is 1. The van der Waals surface area contributed by atoms with Gasteiger partial charge in [0.25, 0.3) is 0 Å². The van der Waals surface area contributed by atoms with Crippen molar-refractivity contribution in [3.05, 3.63) is 23.9 Å². The highest BCUT2D eigenvalue weighted by Crippen LogP contribution is 2.26. The van der Waals surface area contributed by atoms with Crippen LogP contribution in [-0.4, -0.2) is 24.2 Å². The number of aromatic nitrogens is 1. The van der Waals surface area contributed by atoms with Gasteiger partial charge in [-0.3, -0.25) is 0 Å². The van der Waals surface area contributed by atoms with Crippen LogP contribution >= 0.6 is 0 Å². The first-order chi connectivity index (χ1) is 7.99. The lowest BCUT2D eigenvalue weighted by Gasteiger charge is -2.35. The van der Waals surface area contributed by atoms with Gasteiger partial charge in [0.05, 0.1) is 6.10 Å². The van der Waals surface area contributed by atoms with Crippen molar-refractivity contribution in [2.45, 2.75) is 51.2 Å². The lowest BCUT2D eigenvalue weighted by Crippen LogP contribution is -2.40. The van der Waals surface area contributed by atoms with Gasteiger partial charge in [0.15, 0.2) is 0 Å². The predicted octanol–water partition coefficient (Wildman–Crippen LogP) is 2.97. The number of rotatable bonds is 3. The summed E-state index contributed by atoms with van der Waals surface area (Å²) in [7, 11) is 1.78. The number of nitrogens with one attached hydrogen (secondary N) is 1. The maximum atomic E-state index is 5.26. The van der Waals surface area contributed by atoms with Crippen LogP contribution in [0, 0.1) is 0 Å². The number of hydrogen-bond donors (Lipinski definition) is 1. The molecule has 0 saturated heterocycles. The van der Waals surface area contributed by atoms with Crippen LogP contribution < -0.4 is 5.32 Å². The first-order valence-electron chi connectivity index (χ1n) is 6.25. The summed E-state index contributed by atoms with van der Waals surface area (Å²) in [5.74, 6) is 0.970. The third kappa shape index (κ3) is 2.97. The van der Waals surface area contributed by atoms with Crippen molar-refractivity contribution in [3.63, 3.8) is 0 Å². The van der Waals surface area contributed by atoms with Crippen LogP contribution in [0.4, 0.5) is 5.82 Å². The van der Waals surface area contributed by atoms with E-state index in [1.54, 1.807) is 7.11 Å². The SMILES string of the molecule is COC1CC(Nc2ccc(C(C)(C)C)cn2)C1. The van der Waals surface area contributed by atoms with Crippen LogP contribution in [0.3, 0.4) is 0 Å². The van der Waals surface area contributed by atoms with E-state index in [0.717, 1.165) is 18.7 Å². The molecule has 94 valence electrons. The van der Waals surface area contributed by atoms with Crippen LogP contribution in [-0.2, 0) is 10.2 Å². The van der Waals surface area contributed by atoms with Gasteiger partial charge in [0.1, 0.15) is 5.82 Å². The molecule has 3 heteroatoms. The Morgan fingerprint density at radius 3 is 2.47 bits per heavy atom. The molecule has 17 heavy (non-hydrogen) atoms. The lowest BCUT2D eigenvalue weighted by molar-refractivity contribution is 0.0328. The van der Waals surface area contributed by atoms with E-state index in [4.69, 9.17) is 4.74 Å². The van der Waals surface area contributed by atoms with Crippen molar-refractivity contribution in [3.8, 4) is 0 Å². The van der Waals surface area contributed by atoms with Crippen molar-refractivity contribution in [2.75, 3.05) is 12.4 Å².